The fourth-order valence-corrected chi connectivity index (χ4v) is 4.38. The van der Waals surface area contributed by atoms with Gasteiger partial charge >= 0.3 is 6.09 Å². The number of Topliss-reactive ketones (excluding diaryl/α,β-unsaturated/α-hetero) is 1. The lowest BCUT2D eigenvalue weighted by atomic mass is 9.95. The fourth-order valence-electron chi connectivity index (χ4n) is 4.38. The maximum absolute atomic E-state index is 12.7. The molecule has 2 aliphatic carbocycles. The SMILES string of the molecule is COC1=CC(=O)c2c(c(COC(N)=O)c3n2CC2C3C2(C)C)C1=O. The summed E-state index contributed by atoms with van der Waals surface area (Å²) in [5.41, 5.74) is 7.37. The average molecular weight is 330 g/mol. The summed E-state index contributed by atoms with van der Waals surface area (Å²) >= 11 is 0. The van der Waals surface area contributed by atoms with Crippen molar-refractivity contribution in [3.8, 4) is 0 Å². The lowest BCUT2D eigenvalue weighted by molar-refractivity contribution is 0.0909. The van der Waals surface area contributed by atoms with Crippen molar-refractivity contribution >= 4 is 17.7 Å². The Kier molecular flexibility index (Phi) is 2.81. The molecule has 24 heavy (non-hydrogen) atoms. The molecule has 1 aliphatic heterocycles. The summed E-state index contributed by atoms with van der Waals surface area (Å²) in [5, 5.41) is 0. The van der Waals surface area contributed by atoms with Gasteiger partial charge in [0.1, 0.15) is 12.3 Å². The van der Waals surface area contributed by atoms with Crippen molar-refractivity contribution in [3.05, 3.63) is 34.3 Å². The molecule has 2 heterocycles. The molecule has 126 valence electrons. The van der Waals surface area contributed by atoms with Crippen LogP contribution < -0.4 is 5.73 Å². The largest absolute Gasteiger partial charge is 0.492 e. The van der Waals surface area contributed by atoms with Crippen molar-refractivity contribution in [3.63, 3.8) is 0 Å². The van der Waals surface area contributed by atoms with E-state index < -0.39 is 6.09 Å². The van der Waals surface area contributed by atoms with Gasteiger partial charge in [0, 0.05) is 29.8 Å². The molecule has 7 nitrogen and oxygen atoms in total. The van der Waals surface area contributed by atoms with Crippen LogP contribution in [0.5, 0.6) is 0 Å². The van der Waals surface area contributed by atoms with E-state index in [0.717, 1.165) is 5.69 Å². The Balaban J connectivity index is 1.90. The van der Waals surface area contributed by atoms with Gasteiger partial charge in [0.05, 0.1) is 12.7 Å². The first-order valence-corrected chi connectivity index (χ1v) is 7.81. The van der Waals surface area contributed by atoms with Gasteiger partial charge in [-0.2, -0.15) is 0 Å². The predicted octanol–water partition coefficient (Wildman–Crippen LogP) is 1.75. The van der Waals surface area contributed by atoms with Crippen LogP contribution >= 0.6 is 0 Å². The smallest absolute Gasteiger partial charge is 0.404 e. The fraction of sp³-hybridized carbons (Fsp3) is 0.471. The standard InChI is InChI=1S/C17H18N2O5/c1-17(2)8-5-19-13(12(8)17)7(6-24-16(18)22)11-14(19)9(20)4-10(23-3)15(11)21/h4,8,12H,5-6H2,1-3H3,(H2,18,22). The van der Waals surface area contributed by atoms with Crippen molar-refractivity contribution in [1.82, 2.24) is 4.57 Å². The molecular weight excluding hydrogens is 312 g/mol. The van der Waals surface area contributed by atoms with Gasteiger partial charge < -0.3 is 19.8 Å². The molecule has 1 saturated carbocycles. The third-order valence-corrected chi connectivity index (χ3v) is 5.66. The summed E-state index contributed by atoms with van der Waals surface area (Å²) in [6.07, 6.45) is 0.316. The minimum absolute atomic E-state index is 0.00343. The van der Waals surface area contributed by atoms with Crippen molar-refractivity contribution in [1.29, 1.82) is 0 Å². The van der Waals surface area contributed by atoms with Crippen LogP contribution in [0.3, 0.4) is 0 Å². The number of fused-ring (bicyclic) bond motifs is 5. The number of ether oxygens (including phenoxy) is 2. The number of carbonyl (C=O) groups is 3. The Bertz CT molecular complexity index is 846. The zero-order chi connectivity index (χ0) is 17.4. The number of nitrogens with zero attached hydrogens (tertiary/aromatic N) is 1. The van der Waals surface area contributed by atoms with Gasteiger partial charge in [0.15, 0.2) is 5.76 Å². The Morgan fingerprint density at radius 2 is 2.12 bits per heavy atom. The Labute approximate surface area is 138 Å². The van der Waals surface area contributed by atoms with E-state index in [0.29, 0.717) is 23.7 Å². The molecule has 2 N–H and O–H groups in total. The first-order chi connectivity index (χ1) is 11.3. The van der Waals surface area contributed by atoms with Crippen LogP contribution in [0.25, 0.3) is 0 Å². The average Bonchev–Trinajstić information content (AvgIpc) is 2.85. The van der Waals surface area contributed by atoms with Crippen molar-refractivity contribution in [2.24, 2.45) is 17.1 Å². The Hall–Kier alpha value is -2.57. The summed E-state index contributed by atoms with van der Waals surface area (Å²) in [5.74, 6) is 0.0740. The molecule has 0 spiro atoms. The number of primary amides is 1. The van der Waals surface area contributed by atoms with Gasteiger partial charge in [0.2, 0.25) is 11.6 Å². The van der Waals surface area contributed by atoms with E-state index in [1.54, 1.807) is 0 Å². The van der Waals surface area contributed by atoms with Crippen LogP contribution in [-0.4, -0.2) is 29.3 Å². The quantitative estimate of drug-likeness (QED) is 0.910. The molecule has 0 radical (unpaired) electrons. The molecule has 1 aromatic rings. The summed E-state index contributed by atoms with van der Waals surface area (Å²) in [4.78, 5) is 36.3. The van der Waals surface area contributed by atoms with Crippen LogP contribution in [0.4, 0.5) is 4.79 Å². The number of aromatic nitrogens is 1. The summed E-state index contributed by atoms with van der Waals surface area (Å²) < 4.78 is 11.9. The van der Waals surface area contributed by atoms with Gasteiger partial charge in [-0.1, -0.05) is 13.8 Å². The van der Waals surface area contributed by atoms with Gasteiger partial charge in [-0.25, -0.2) is 4.79 Å². The Morgan fingerprint density at radius 1 is 1.42 bits per heavy atom. The van der Waals surface area contributed by atoms with Crippen LogP contribution in [-0.2, 0) is 22.6 Å². The number of carbonyl (C=O) groups excluding carboxylic acids is 3. The van der Waals surface area contributed by atoms with Gasteiger partial charge in [-0.05, 0) is 11.3 Å². The second-order valence-electron chi connectivity index (χ2n) is 7.12. The number of allylic oxidation sites excluding steroid dienone is 2. The highest BCUT2D eigenvalue weighted by Crippen LogP contribution is 2.69. The monoisotopic (exact) mass is 330 g/mol. The van der Waals surface area contributed by atoms with Crippen LogP contribution in [0.1, 0.15) is 51.9 Å². The maximum Gasteiger partial charge on any atom is 0.404 e. The summed E-state index contributed by atoms with van der Waals surface area (Å²) in [7, 11) is 1.35. The van der Waals surface area contributed by atoms with Crippen LogP contribution in [0, 0.1) is 11.3 Å². The van der Waals surface area contributed by atoms with Crippen LogP contribution in [0.15, 0.2) is 11.8 Å². The summed E-state index contributed by atoms with van der Waals surface area (Å²) in [6, 6.07) is 0. The van der Waals surface area contributed by atoms with E-state index in [4.69, 9.17) is 15.2 Å². The third-order valence-electron chi connectivity index (χ3n) is 5.66. The van der Waals surface area contributed by atoms with E-state index in [9.17, 15) is 14.4 Å². The molecule has 1 amide bonds. The topological polar surface area (TPSA) is 101 Å². The highest BCUT2D eigenvalue weighted by molar-refractivity contribution is 6.24. The third kappa shape index (κ3) is 1.69. The number of hydrogen-bond donors (Lipinski definition) is 1. The van der Waals surface area contributed by atoms with E-state index in [1.165, 1.54) is 13.2 Å². The predicted molar refractivity (Wildman–Crippen MR) is 82.6 cm³/mol. The van der Waals surface area contributed by atoms with Crippen LogP contribution in [0.2, 0.25) is 0 Å². The van der Waals surface area contributed by atoms with Crippen molar-refractivity contribution in [2.45, 2.75) is 32.9 Å². The number of hydrogen-bond acceptors (Lipinski definition) is 5. The molecule has 1 aromatic heterocycles. The molecule has 0 bridgehead atoms. The highest BCUT2D eigenvalue weighted by atomic mass is 16.5. The molecule has 3 aliphatic rings. The maximum atomic E-state index is 12.7. The number of ketones is 2. The van der Waals surface area contributed by atoms with E-state index in [1.807, 2.05) is 4.57 Å². The minimum atomic E-state index is -0.912. The van der Waals surface area contributed by atoms with E-state index in [2.05, 4.69) is 13.8 Å². The minimum Gasteiger partial charge on any atom is -0.492 e. The number of rotatable bonds is 3. The van der Waals surface area contributed by atoms with E-state index >= 15 is 0 Å². The molecule has 4 rings (SSSR count). The van der Waals surface area contributed by atoms with Gasteiger partial charge in [-0.3, -0.25) is 9.59 Å². The normalized spacial score (nSPS) is 25.5. The molecular formula is C17H18N2O5. The van der Waals surface area contributed by atoms with Crippen molar-refractivity contribution < 1.29 is 23.9 Å². The van der Waals surface area contributed by atoms with Gasteiger partial charge in [0.25, 0.3) is 0 Å². The zero-order valence-electron chi connectivity index (χ0n) is 13.7. The zero-order valence-corrected chi connectivity index (χ0v) is 13.7. The molecule has 2 unspecified atom stereocenters. The number of methoxy groups -OCH3 is 1. The van der Waals surface area contributed by atoms with Gasteiger partial charge in [-0.15, -0.1) is 0 Å². The first kappa shape index (κ1) is 15.0. The summed E-state index contributed by atoms with van der Waals surface area (Å²) in [6.45, 7) is 4.91. The van der Waals surface area contributed by atoms with Crippen molar-refractivity contribution in [2.75, 3.05) is 7.11 Å². The lowest BCUT2D eigenvalue weighted by Gasteiger charge is -2.15. The number of amides is 1. The second-order valence-corrected chi connectivity index (χ2v) is 7.12. The first-order valence-electron chi connectivity index (χ1n) is 7.81. The molecule has 7 heteroatoms. The molecule has 1 fully saturated rings. The number of nitrogens with two attached hydrogens (primary N) is 1. The van der Waals surface area contributed by atoms with E-state index in [-0.39, 0.29) is 40.8 Å². The highest BCUT2D eigenvalue weighted by Gasteiger charge is 2.64. The molecule has 0 saturated heterocycles. The molecule has 2 atom stereocenters. The second kappa shape index (κ2) is 4.49. The molecule has 0 aromatic carbocycles. The lowest BCUT2D eigenvalue weighted by Crippen LogP contribution is -2.21. The Morgan fingerprint density at radius 3 is 2.75 bits per heavy atom.